The Morgan fingerprint density at radius 1 is 1.20 bits per heavy atom. The van der Waals surface area contributed by atoms with Gasteiger partial charge in [0, 0.05) is 18.3 Å². The maximum atomic E-state index is 10.8. The van der Waals surface area contributed by atoms with E-state index in [9.17, 15) is 5.11 Å². The molecular formula is C15H23N3O2. The Balaban J connectivity index is 2.69. The van der Waals surface area contributed by atoms with Gasteiger partial charge in [-0.05, 0) is 26.7 Å². The molecule has 0 aliphatic heterocycles. The Labute approximate surface area is 119 Å². The van der Waals surface area contributed by atoms with Crippen molar-refractivity contribution in [1.29, 1.82) is 0 Å². The summed E-state index contributed by atoms with van der Waals surface area (Å²) in [4.78, 5) is 4.48. The van der Waals surface area contributed by atoms with Crippen LogP contribution in [0.5, 0.6) is 5.75 Å². The van der Waals surface area contributed by atoms with Crippen molar-refractivity contribution in [1.82, 2.24) is 14.8 Å². The number of ether oxygens (including phenoxy) is 1. The van der Waals surface area contributed by atoms with E-state index in [1.807, 2.05) is 32.4 Å². The number of aryl methyl sites for hydroxylation is 1. The maximum absolute atomic E-state index is 10.8. The van der Waals surface area contributed by atoms with E-state index in [4.69, 9.17) is 4.74 Å². The van der Waals surface area contributed by atoms with Crippen molar-refractivity contribution in [3.8, 4) is 5.75 Å². The Bertz CT molecular complexity index is 588. The first-order valence-electron chi connectivity index (χ1n) is 7.31. The molecule has 0 saturated carbocycles. The number of aliphatic hydroxyl groups is 1. The van der Waals surface area contributed by atoms with Crippen molar-refractivity contribution in [3.63, 3.8) is 0 Å². The first-order chi connectivity index (χ1) is 9.61. The molecule has 0 aliphatic carbocycles. The van der Waals surface area contributed by atoms with Gasteiger partial charge >= 0.3 is 0 Å². The minimum atomic E-state index is -0.903. The molecule has 0 bridgehead atoms. The van der Waals surface area contributed by atoms with Gasteiger partial charge in [0.2, 0.25) is 0 Å². The molecule has 2 rings (SSSR count). The highest BCUT2D eigenvalue weighted by Crippen LogP contribution is 2.38. The van der Waals surface area contributed by atoms with Crippen LogP contribution in [0.15, 0.2) is 12.4 Å². The van der Waals surface area contributed by atoms with E-state index < -0.39 is 5.60 Å². The van der Waals surface area contributed by atoms with Gasteiger partial charge in [-0.3, -0.25) is 0 Å². The summed E-state index contributed by atoms with van der Waals surface area (Å²) >= 11 is 0. The molecule has 0 aromatic carbocycles. The smallest absolute Gasteiger partial charge is 0.161 e. The molecule has 0 aliphatic rings. The third-order valence-corrected chi connectivity index (χ3v) is 3.88. The fourth-order valence-corrected chi connectivity index (χ4v) is 2.50. The highest BCUT2D eigenvalue weighted by molar-refractivity contribution is 5.83. The van der Waals surface area contributed by atoms with Crippen LogP contribution in [0.4, 0.5) is 0 Å². The zero-order valence-electron chi connectivity index (χ0n) is 12.7. The molecule has 1 N–H and O–H groups in total. The zero-order valence-corrected chi connectivity index (χ0v) is 12.7. The summed E-state index contributed by atoms with van der Waals surface area (Å²) in [6, 6.07) is 0. The van der Waals surface area contributed by atoms with Crippen LogP contribution in [-0.4, -0.2) is 26.5 Å². The summed E-state index contributed by atoms with van der Waals surface area (Å²) in [5.74, 6) is 0.711. The molecule has 2 aromatic rings. The molecule has 0 saturated heterocycles. The van der Waals surface area contributed by atoms with E-state index in [1.54, 1.807) is 12.4 Å². The quantitative estimate of drug-likeness (QED) is 0.882. The van der Waals surface area contributed by atoms with E-state index >= 15 is 0 Å². The first-order valence-corrected chi connectivity index (χ1v) is 7.31. The number of aromatic nitrogens is 3. The van der Waals surface area contributed by atoms with Crippen LogP contribution in [0.2, 0.25) is 0 Å². The fraction of sp³-hybridized carbons (Fsp3) is 0.600. The van der Waals surface area contributed by atoms with Crippen LogP contribution < -0.4 is 4.74 Å². The van der Waals surface area contributed by atoms with Crippen LogP contribution in [0.1, 0.15) is 46.1 Å². The number of hydrogen-bond donors (Lipinski definition) is 1. The third kappa shape index (κ3) is 2.26. The molecule has 0 amide bonds. The summed E-state index contributed by atoms with van der Waals surface area (Å²) in [6.45, 7) is 9.21. The first kappa shape index (κ1) is 14.8. The zero-order chi connectivity index (χ0) is 14.8. The van der Waals surface area contributed by atoms with E-state index in [1.165, 1.54) is 0 Å². The lowest BCUT2D eigenvalue weighted by Gasteiger charge is -2.27. The lowest BCUT2D eigenvalue weighted by Crippen LogP contribution is -2.25. The summed E-state index contributed by atoms with van der Waals surface area (Å²) in [6.07, 6.45) is 4.75. The summed E-state index contributed by atoms with van der Waals surface area (Å²) < 4.78 is 7.64. The molecule has 110 valence electrons. The molecule has 0 fully saturated rings. The van der Waals surface area contributed by atoms with Gasteiger partial charge in [0.15, 0.2) is 5.65 Å². The lowest BCUT2D eigenvalue weighted by molar-refractivity contribution is 0.0255. The Kier molecular flexibility index (Phi) is 4.28. The van der Waals surface area contributed by atoms with Gasteiger partial charge in [-0.1, -0.05) is 13.8 Å². The molecule has 0 radical (unpaired) electrons. The second kappa shape index (κ2) is 5.79. The van der Waals surface area contributed by atoms with Crippen LogP contribution >= 0.6 is 0 Å². The second-order valence-electron chi connectivity index (χ2n) is 4.87. The van der Waals surface area contributed by atoms with Gasteiger partial charge in [-0.15, -0.1) is 0 Å². The fourth-order valence-electron chi connectivity index (χ4n) is 2.50. The van der Waals surface area contributed by atoms with E-state index in [0.717, 1.165) is 23.1 Å². The van der Waals surface area contributed by atoms with Crippen LogP contribution in [-0.2, 0) is 12.1 Å². The van der Waals surface area contributed by atoms with Crippen molar-refractivity contribution in [2.24, 2.45) is 0 Å². The number of pyridine rings is 1. The summed E-state index contributed by atoms with van der Waals surface area (Å²) in [5, 5.41) is 16.0. The number of fused-ring (bicyclic) bond motifs is 1. The predicted octanol–water partition coefficient (Wildman–Crippen LogP) is 2.86. The SMILES string of the molecule is CCOc1c(C(O)(CC)CC)cnc2c1cnn2CC. The standard InChI is InChI=1S/C15H23N3O2/c1-5-15(19,6-2)12-10-16-14-11(13(12)20-8-4)9-17-18(14)7-3/h9-10,19H,5-8H2,1-4H3. The third-order valence-electron chi connectivity index (χ3n) is 3.88. The predicted molar refractivity (Wildman–Crippen MR) is 78.8 cm³/mol. The molecule has 0 spiro atoms. The van der Waals surface area contributed by atoms with Crippen LogP contribution in [0.25, 0.3) is 11.0 Å². The maximum Gasteiger partial charge on any atom is 0.161 e. The highest BCUT2D eigenvalue weighted by atomic mass is 16.5. The summed E-state index contributed by atoms with van der Waals surface area (Å²) in [5.41, 5.74) is 0.654. The second-order valence-corrected chi connectivity index (χ2v) is 4.87. The molecule has 20 heavy (non-hydrogen) atoms. The van der Waals surface area contributed by atoms with Crippen molar-refractivity contribution >= 4 is 11.0 Å². The van der Waals surface area contributed by atoms with Gasteiger partial charge in [-0.25, -0.2) is 9.67 Å². The minimum absolute atomic E-state index is 0.549. The number of nitrogens with zero attached hydrogens (tertiary/aromatic N) is 3. The van der Waals surface area contributed by atoms with E-state index in [-0.39, 0.29) is 0 Å². The average molecular weight is 277 g/mol. The van der Waals surface area contributed by atoms with Gasteiger partial charge in [0.25, 0.3) is 0 Å². The topological polar surface area (TPSA) is 60.2 Å². The molecule has 2 heterocycles. The van der Waals surface area contributed by atoms with Crippen molar-refractivity contribution < 1.29 is 9.84 Å². The number of rotatable bonds is 6. The van der Waals surface area contributed by atoms with Gasteiger partial charge < -0.3 is 9.84 Å². The largest absolute Gasteiger partial charge is 0.493 e. The molecule has 5 nitrogen and oxygen atoms in total. The van der Waals surface area contributed by atoms with Crippen molar-refractivity contribution in [2.75, 3.05) is 6.61 Å². The Morgan fingerprint density at radius 3 is 2.45 bits per heavy atom. The van der Waals surface area contributed by atoms with Crippen molar-refractivity contribution in [2.45, 2.75) is 52.7 Å². The lowest BCUT2D eigenvalue weighted by atomic mass is 9.88. The highest BCUT2D eigenvalue weighted by Gasteiger charge is 2.30. The van der Waals surface area contributed by atoms with E-state index in [0.29, 0.717) is 25.2 Å². The minimum Gasteiger partial charge on any atom is -0.493 e. The van der Waals surface area contributed by atoms with Crippen LogP contribution in [0.3, 0.4) is 0 Å². The molecule has 2 aromatic heterocycles. The number of hydrogen-bond acceptors (Lipinski definition) is 4. The molecular weight excluding hydrogens is 254 g/mol. The Hall–Kier alpha value is -1.62. The normalized spacial score (nSPS) is 12.1. The molecule has 5 heteroatoms. The average Bonchev–Trinajstić information content (AvgIpc) is 2.90. The monoisotopic (exact) mass is 277 g/mol. The molecule has 0 unspecified atom stereocenters. The van der Waals surface area contributed by atoms with Crippen molar-refractivity contribution in [3.05, 3.63) is 18.0 Å². The van der Waals surface area contributed by atoms with Crippen LogP contribution in [0, 0.1) is 0 Å². The molecule has 0 atom stereocenters. The summed E-state index contributed by atoms with van der Waals surface area (Å²) in [7, 11) is 0. The van der Waals surface area contributed by atoms with Gasteiger partial charge in [0.1, 0.15) is 5.75 Å². The Morgan fingerprint density at radius 2 is 1.90 bits per heavy atom. The van der Waals surface area contributed by atoms with Gasteiger partial charge in [-0.2, -0.15) is 5.10 Å². The van der Waals surface area contributed by atoms with E-state index in [2.05, 4.69) is 10.1 Å². The van der Waals surface area contributed by atoms with Gasteiger partial charge in [0.05, 0.1) is 23.8 Å².